The van der Waals surface area contributed by atoms with E-state index in [0.717, 1.165) is 12.8 Å². The Hall–Kier alpha value is -1.93. The molecule has 0 radical (unpaired) electrons. The summed E-state index contributed by atoms with van der Waals surface area (Å²) in [5.74, 6) is 0.994. The van der Waals surface area contributed by atoms with Gasteiger partial charge in [0.2, 0.25) is 11.8 Å². The molecule has 1 saturated heterocycles. The van der Waals surface area contributed by atoms with Gasteiger partial charge in [-0.05, 0) is 19.8 Å². The summed E-state index contributed by atoms with van der Waals surface area (Å²) >= 11 is 0. The number of rotatable bonds is 4. The zero-order valence-corrected chi connectivity index (χ0v) is 12.7. The number of aryl methyl sites for hydroxylation is 1. The van der Waals surface area contributed by atoms with Crippen molar-refractivity contribution < 1.29 is 14.1 Å². The molecule has 0 unspecified atom stereocenters. The molecule has 0 aromatic carbocycles. The number of anilines is 1. The summed E-state index contributed by atoms with van der Waals surface area (Å²) in [5.41, 5.74) is 5.33. The highest BCUT2D eigenvalue weighted by Crippen LogP contribution is 2.34. The van der Waals surface area contributed by atoms with E-state index in [2.05, 4.69) is 10.5 Å². The SMILES string of the molecule is Cc1cc(NC(=O)CN2CCN(C(=O)C3(N)CC3)CC2)no1. The van der Waals surface area contributed by atoms with Gasteiger partial charge in [-0.1, -0.05) is 5.16 Å². The van der Waals surface area contributed by atoms with E-state index >= 15 is 0 Å². The Bertz CT molecular complexity index is 573. The number of piperazine rings is 1. The van der Waals surface area contributed by atoms with Gasteiger partial charge in [0.25, 0.3) is 0 Å². The van der Waals surface area contributed by atoms with E-state index in [1.807, 2.05) is 9.80 Å². The smallest absolute Gasteiger partial charge is 0.242 e. The number of nitrogens with one attached hydrogen (secondary N) is 1. The lowest BCUT2D eigenvalue weighted by Crippen LogP contribution is -2.55. The van der Waals surface area contributed by atoms with Crippen molar-refractivity contribution in [2.24, 2.45) is 5.73 Å². The first-order chi connectivity index (χ1) is 10.5. The topological polar surface area (TPSA) is 105 Å². The van der Waals surface area contributed by atoms with Crippen LogP contribution in [0.5, 0.6) is 0 Å². The predicted octanol–water partition coefficient (Wildman–Crippen LogP) is -0.443. The van der Waals surface area contributed by atoms with Crippen LogP contribution < -0.4 is 11.1 Å². The molecule has 3 N–H and O–H groups in total. The van der Waals surface area contributed by atoms with Crippen molar-refractivity contribution in [1.82, 2.24) is 15.0 Å². The number of nitrogens with two attached hydrogens (primary N) is 1. The van der Waals surface area contributed by atoms with Gasteiger partial charge in [0.15, 0.2) is 5.82 Å². The molecule has 120 valence electrons. The Morgan fingerprint density at radius 1 is 1.36 bits per heavy atom. The highest BCUT2D eigenvalue weighted by atomic mass is 16.5. The molecule has 8 heteroatoms. The quantitative estimate of drug-likeness (QED) is 0.781. The number of carbonyl (C=O) groups excluding carboxylic acids is 2. The predicted molar refractivity (Wildman–Crippen MR) is 79.0 cm³/mol. The van der Waals surface area contributed by atoms with Gasteiger partial charge in [-0.2, -0.15) is 0 Å². The first kappa shape index (κ1) is 15.0. The van der Waals surface area contributed by atoms with Crippen LogP contribution in [0.25, 0.3) is 0 Å². The summed E-state index contributed by atoms with van der Waals surface area (Å²) in [6.07, 6.45) is 1.57. The minimum Gasteiger partial charge on any atom is -0.360 e. The summed E-state index contributed by atoms with van der Waals surface area (Å²) in [6, 6.07) is 1.67. The van der Waals surface area contributed by atoms with Gasteiger partial charge in [-0.25, -0.2) is 0 Å². The second-order valence-electron chi connectivity index (χ2n) is 6.10. The van der Waals surface area contributed by atoms with Crippen LogP contribution in [0.3, 0.4) is 0 Å². The van der Waals surface area contributed by atoms with E-state index in [9.17, 15) is 9.59 Å². The largest absolute Gasteiger partial charge is 0.360 e. The lowest BCUT2D eigenvalue weighted by atomic mass is 10.2. The molecule has 1 aromatic rings. The molecule has 22 heavy (non-hydrogen) atoms. The van der Waals surface area contributed by atoms with Crippen molar-refractivity contribution in [3.63, 3.8) is 0 Å². The summed E-state index contributed by atoms with van der Waals surface area (Å²) in [5, 5.41) is 6.42. The van der Waals surface area contributed by atoms with Gasteiger partial charge in [0.1, 0.15) is 5.76 Å². The van der Waals surface area contributed by atoms with Gasteiger partial charge in [0, 0.05) is 32.2 Å². The van der Waals surface area contributed by atoms with Crippen molar-refractivity contribution in [2.45, 2.75) is 25.3 Å². The molecule has 2 heterocycles. The van der Waals surface area contributed by atoms with E-state index in [1.165, 1.54) is 0 Å². The fraction of sp³-hybridized carbons (Fsp3) is 0.643. The Morgan fingerprint density at radius 3 is 2.59 bits per heavy atom. The maximum Gasteiger partial charge on any atom is 0.242 e. The average Bonchev–Trinajstić information content (AvgIpc) is 3.11. The summed E-state index contributed by atoms with van der Waals surface area (Å²) in [4.78, 5) is 27.9. The van der Waals surface area contributed by atoms with E-state index in [-0.39, 0.29) is 18.4 Å². The van der Waals surface area contributed by atoms with Crippen LogP contribution in [0, 0.1) is 6.92 Å². The van der Waals surface area contributed by atoms with Crippen molar-refractivity contribution in [3.05, 3.63) is 11.8 Å². The van der Waals surface area contributed by atoms with Crippen LogP contribution in [-0.4, -0.2) is 65.0 Å². The molecule has 1 aliphatic carbocycles. The first-order valence-electron chi connectivity index (χ1n) is 7.50. The molecule has 1 saturated carbocycles. The fourth-order valence-corrected chi connectivity index (χ4v) is 2.58. The average molecular weight is 307 g/mol. The summed E-state index contributed by atoms with van der Waals surface area (Å²) in [7, 11) is 0. The van der Waals surface area contributed by atoms with Crippen molar-refractivity contribution in [3.8, 4) is 0 Å². The Kier molecular flexibility index (Phi) is 3.88. The second-order valence-corrected chi connectivity index (χ2v) is 6.10. The number of carbonyl (C=O) groups is 2. The van der Waals surface area contributed by atoms with E-state index in [1.54, 1.807) is 13.0 Å². The highest BCUT2D eigenvalue weighted by Gasteiger charge is 2.48. The minimum absolute atomic E-state index is 0.0506. The monoisotopic (exact) mass is 307 g/mol. The molecule has 1 aliphatic heterocycles. The normalized spacial score (nSPS) is 20.7. The minimum atomic E-state index is -0.607. The van der Waals surface area contributed by atoms with Crippen LogP contribution in [0.4, 0.5) is 5.82 Å². The van der Waals surface area contributed by atoms with Crippen LogP contribution in [0.2, 0.25) is 0 Å². The molecule has 1 aromatic heterocycles. The third-order valence-electron chi connectivity index (χ3n) is 4.14. The van der Waals surface area contributed by atoms with Gasteiger partial charge >= 0.3 is 0 Å². The first-order valence-corrected chi connectivity index (χ1v) is 7.50. The Morgan fingerprint density at radius 2 is 2.05 bits per heavy atom. The second kappa shape index (κ2) is 5.69. The Labute approximate surface area is 128 Å². The molecule has 3 rings (SSSR count). The number of hydrogen-bond donors (Lipinski definition) is 2. The highest BCUT2D eigenvalue weighted by molar-refractivity contribution is 5.91. The maximum absolute atomic E-state index is 12.1. The van der Waals surface area contributed by atoms with E-state index < -0.39 is 5.54 Å². The van der Waals surface area contributed by atoms with E-state index in [4.69, 9.17) is 10.3 Å². The van der Waals surface area contributed by atoms with E-state index in [0.29, 0.717) is 37.8 Å². The lowest BCUT2D eigenvalue weighted by Gasteiger charge is -2.35. The molecule has 2 amide bonds. The van der Waals surface area contributed by atoms with Crippen molar-refractivity contribution in [1.29, 1.82) is 0 Å². The molecular weight excluding hydrogens is 286 g/mol. The molecule has 0 atom stereocenters. The van der Waals surface area contributed by atoms with Crippen LogP contribution in [0.1, 0.15) is 18.6 Å². The third kappa shape index (κ3) is 3.28. The lowest BCUT2D eigenvalue weighted by molar-refractivity contribution is -0.135. The number of hydrogen-bond acceptors (Lipinski definition) is 6. The molecule has 2 aliphatic rings. The third-order valence-corrected chi connectivity index (χ3v) is 4.14. The molecule has 8 nitrogen and oxygen atoms in total. The van der Waals surface area contributed by atoms with Crippen LogP contribution in [0.15, 0.2) is 10.6 Å². The fourth-order valence-electron chi connectivity index (χ4n) is 2.58. The zero-order valence-electron chi connectivity index (χ0n) is 12.7. The Balaban J connectivity index is 1.43. The number of nitrogens with zero attached hydrogens (tertiary/aromatic N) is 3. The van der Waals surface area contributed by atoms with Crippen molar-refractivity contribution >= 4 is 17.6 Å². The van der Waals surface area contributed by atoms with Gasteiger partial charge in [0.05, 0.1) is 12.1 Å². The van der Waals surface area contributed by atoms with Gasteiger partial charge in [-0.15, -0.1) is 0 Å². The number of aromatic nitrogens is 1. The van der Waals surface area contributed by atoms with Crippen LogP contribution >= 0.6 is 0 Å². The molecule has 2 fully saturated rings. The summed E-state index contributed by atoms with van der Waals surface area (Å²) in [6.45, 7) is 4.63. The van der Waals surface area contributed by atoms with Gasteiger partial charge < -0.3 is 20.5 Å². The van der Waals surface area contributed by atoms with Gasteiger partial charge in [-0.3, -0.25) is 14.5 Å². The number of amides is 2. The summed E-state index contributed by atoms with van der Waals surface area (Å²) < 4.78 is 4.90. The molecule has 0 bridgehead atoms. The molecule has 0 spiro atoms. The zero-order chi connectivity index (χ0) is 15.7. The molecular formula is C14H21N5O3. The van der Waals surface area contributed by atoms with Crippen LogP contribution in [-0.2, 0) is 9.59 Å². The maximum atomic E-state index is 12.1. The standard InChI is InChI=1S/C14H21N5O3/c1-10-8-11(17-22-10)16-12(20)9-18-4-6-19(7-5-18)13(21)14(15)2-3-14/h8H,2-7,9,15H2,1H3,(H,16,17,20). The van der Waals surface area contributed by atoms with Crippen molar-refractivity contribution in [2.75, 3.05) is 38.0 Å².